The monoisotopic (exact) mass is 290 g/mol. The van der Waals surface area contributed by atoms with Gasteiger partial charge in [0.2, 0.25) is 0 Å². The number of likely N-dealkylation sites (tertiary alicyclic amines) is 1. The SMILES string of the molecule is CCN1CCCC2(CCNCC2c2cccc(F)c2)CC1. The molecule has 21 heavy (non-hydrogen) atoms. The van der Waals surface area contributed by atoms with E-state index in [2.05, 4.69) is 23.2 Å². The van der Waals surface area contributed by atoms with Gasteiger partial charge in [0.1, 0.15) is 5.82 Å². The van der Waals surface area contributed by atoms with Crippen LogP contribution in [0.3, 0.4) is 0 Å². The van der Waals surface area contributed by atoms with Crippen molar-refractivity contribution in [2.24, 2.45) is 5.41 Å². The number of hydrogen-bond acceptors (Lipinski definition) is 2. The number of benzene rings is 1. The molecule has 1 spiro atoms. The number of nitrogens with zero attached hydrogens (tertiary/aromatic N) is 1. The van der Waals surface area contributed by atoms with E-state index in [0.29, 0.717) is 11.3 Å². The van der Waals surface area contributed by atoms with Crippen LogP contribution >= 0.6 is 0 Å². The first-order chi connectivity index (χ1) is 10.2. The molecular formula is C18H27FN2. The van der Waals surface area contributed by atoms with E-state index in [1.165, 1.54) is 44.3 Å². The summed E-state index contributed by atoms with van der Waals surface area (Å²) in [6.45, 7) is 7.93. The molecule has 2 unspecified atom stereocenters. The second-order valence-corrected chi connectivity index (χ2v) is 6.71. The number of nitrogens with one attached hydrogen (secondary N) is 1. The minimum Gasteiger partial charge on any atom is -0.316 e. The van der Waals surface area contributed by atoms with Crippen LogP contribution in [0.5, 0.6) is 0 Å². The van der Waals surface area contributed by atoms with Gasteiger partial charge in [-0.1, -0.05) is 19.1 Å². The van der Waals surface area contributed by atoms with Crippen LogP contribution in [0, 0.1) is 11.2 Å². The van der Waals surface area contributed by atoms with Gasteiger partial charge in [0, 0.05) is 12.5 Å². The summed E-state index contributed by atoms with van der Waals surface area (Å²) in [6, 6.07) is 7.28. The van der Waals surface area contributed by atoms with E-state index in [0.717, 1.165) is 19.6 Å². The van der Waals surface area contributed by atoms with Crippen LogP contribution in [-0.4, -0.2) is 37.6 Å². The van der Waals surface area contributed by atoms with Crippen LogP contribution in [0.25, 0.3) is 0 Å². The molecule has 3 rings (SSSR count). The molecule has 0 bridgehead atoms. The summed E-state index contributed by atoms with van der Waals surface area (Å²) in [4.78, 5) is 2.57. The molecule has 0 amide bonds. The van der Waals surface area contributed by atoms with Crippen LogP contribution in [0.4, 0.5) is 4.39 Å². The molecule has 3 heteroatoms. The minimum absolute atomic E-state index is 0.1000. The zero-order chi connectivity index (χ0) is 14.7. The highest BCUT2D eigenvalue weighted by Gasteiger charge is 2.42. The third-order valence-electron chi connectivity index (χ3n) is 5.66. The maximum absolute atomic E-state index is 13.6. The lowest BCUT2D eigenvalue weighted by atomic mass is 9.64. The van der Waals surface area contributed by atoms with Crippen molar-refractivity contribution in [3.8, 4) is 0 Å². The van der Waals surface area contributed by atoms with Crippen LogP contribution < -0.4 is 5.32 Å². The summed E-state index contributed by atoms with van der Waals surface area (Å²) in [5, 5.41) is 3.53. The highest BCUT2D eigenvalue weighted by molar-refractivity contribution is 5.25. The Labute approximate surface area is 127 Å². The second kappa shape index (κ2) is 6.45. The molecule has 2 fully saturated rings. The Kier molecular flexibility index (Phi) is 4.60. The van der Waals surface area contributed by atoms with Gasteiger partial charge >= 0.3 is 0 Å². The molecule has 2 nitrogen and oxygen atoms in total. The summed E-state index contributed by atoms with van der Waals surface area (Å²) in [7, 11) is 0. The molecule has 2 saturated heterocycles. The highest BCUT2D eigenvalue weighted by atomic mass is 19.1. The largest absolute Gasteiger partial charge is 0.316 e. The molecule has 1 aromatic carbocycles. The van der Waals surface area contributed by atoms with Gasteiger partial charge in [-0.3, -0.25) is 0 Å². The maximum atomic E-state index is 13.6. The van der Waals surface area contributed by atoms with Crippen LogP contribution in [0.1, 0.15) is 44.1 Å². The molecule has 2 aliphatic heterocycles. The Morgan fingerprint density at radius 3 is 3.00 bits per heavy atom. The quantitative estimate of drug-likeness (QED) is 0.898. The summed E-state index contributed by atoms with van der Waals surface area (Å²) in [5.74, 6) is 0.357. The number of hydrogen-bond donors (Lipinski definition) is 1. The Hall–Kier alpha value is -0.930. The maximum Gasteiger partial charge on any atom is 0.123 e. The summed E-state index contributed by atoms with van der Waals surface area (Å²) >= 11 is 0. The van der Waals surface area contributed by atoms with Gasteiger partial charge in [0.15, 0.2) is 0 Å². The van der Waals surface area contributed by atoms with Crippen molar-refractivity contribution in [3.63, 3.8) is 0 Å². The van der Waals surface area contributed by atoms with E-state index in [4.69, 9.17) is 0 Å². The van der Waals surface area contributed by atoms with Crippen molar-refractivity contribution in [2.75, 3.05) is 32.7 Å². The molecule has 2 atom stereocenters. The molecule has 0 saturated carbocycles. The lowest BCUT2D eigenvalue weighted by Gasteiger charge is -2.45. The third kappa shape index (κ3) is 3.14. The van der Waals surface area contributed by atoms with Gasteiger partial charge < -0.3 is 10.2 Å². The molecule has 1 N–H and O–H groups in total. The zero-order valence-corrected chi connectivity index (χ0v) is 13.1. The van der Waals surface area contributed by atoms with E-state index in [1.54, 1.807) is 12.1 Å². The lowest BCUT2D eigenvalue weighted by molar-refractivity contribution is 0.135. The topological polar surface area (TPSA) is 15.3 Å². The summed E-state index contributed by atoms with van der Waals surface area (Å²) in [6.07, 6.45) is 5.04. The zero-order valence-electron chi connectivity index (χ0n) is 13.1. The van der Waals surface area contributed by atoms with Crippen molar-refractivity contribution in [2.45, 2.75) is 38.5 Å². The van der Waals surface area contributed by atoms with E-state index in [9.17, 15) is 4.39 Å². The average Bonchev–Trinajstić information content (AvgIpc) is 2.71. The number of piperidine rings is 1. The predicted molar refractivity (Wildman–Crippen MR) is 85.0 cm³/mol. The fourth-order valence-electron chi connectivity index (χ4n) is 4.36. The second-order valence-electron chi connectivity index (χ2n) is 6.71. The van der Waals surface area contributed by atoms with Gasteiger partial charge in [-0.2, -0.15) is 0 Å². The molecule has 0 aliphatic carbocycles. The van der Waals surface area contributed by atoms with Crippen molar-refractivity contribution in [1.82, 2.24) is 10.2 Å². The van der Waals surface area contributed by atoms with Crippen molar-refractivity contribution >= 4 is 0 Å². The van der Waals surface area contributed by atoms with E-state index in [-0.39, 0.29) is 5.82 Å². The van der Waals surface area contributed by atoms with E-state index >= 15 is 0 Å². The summed E-state index contributed by atoms with van der Waals surface area (Å²) in [5.41, 5.74) is 1.55. The first-order valence-corrected chi connectivity index (χ1v) is 8.42. The molecule has 0 aromatic heterocycles. The van der Waals surface area contributed by atoms with Gasteiger partial charge in [0.05, 0.1) is 0 Å². The van der Waals surface area contributed by atoms with E-state index < -0.39 is 0 Å². The van der Waals surface area contributed by atoms with Gasteiger partial charge in [-0.15, -0.1) is 0 Å². The molecular weight excluding hydrogens is 263 g/mol. The Morgan fingerprint density at radius 2 is 2.19 bits per heavy atom. The number of rotatable bonds is 2. The highest BCUT2D eigenvalue weighted by Crippen LogP contribution is 2.48. The third-order valence-corrected chi connectivity index (χ3v) is 5.66. The molecule has 116 valence electrons. The van der Waals surface area contributed by atoms with Crippen molar-refractivity contribution in [1.29, 1.82) is 0 Å². The Balaban J connectivity index is 1.86. The fourth-order valence-corrected chi connectivity index (χ4v) is 4.36. The summed E-state index contributed by atoms with van der Waals surface area (Å²) < 4.78 is 13.6. The smallest absolute Gasteiger partial charge is 0.123 e. The Morgan fingerprint density at radius 1 is 1.29 bits per heavy atom. The van der Waals surface area contributed by atoms with Gasteiger partial charge in [0.25, 0.3) is 0 Å². The predicted octanol–water partition coefficient (Wildman–Crippen LogP) is 3.39. The van der Waals surface area contributed by atoms with Crippen LogP contribution in [0.2, 0.25) is 0 Å². The minimum atomic E-state index is -0.1000. The number of halogens is 1. The fraction of sp³-hybridized carbons (Fsp3) is 0.667. The van der Waals surface area contributed by atoms with Gasteiger partial charge in [-0.25, -0.2) is 4.39 Å². The van der Waals surface area contributed by atoms with Crippen molar-refractivity contribution in [3.05, 3.63) is 35.6 Å². The molecule has 2 aliphatic rings. The lowest BCUT2D eigenvalue weighted by Crippen LogP contribution is -2.44. The normalized spacial score (nSPS) is 31.2. The van der Waals surface area contributed by atoms with Crippen LogP contribution in [-0.2, 0) is 0 Å². The molecule has 2 heterocycles. The first-order valence-electron chi connectivity index (χ1n) is 8.42. The van der Waals surface area contributed by atoms with E-state index in [1.807, 2.05) is 6.07 Å². The van der Waals surface area contributed by atoms with Crippen molar-refractivity contribution < 1.29 is 4.39 Å². The average molecular weight is 290 g/mol. The Bertz CT molecular complexity index is 476. The van der Waals surface area contributed by atoms with Gasteiger partial charge in [-0.05, 0) is 75.0 Å². The van der Waals surface area contributed by atoms with Crippen LogP contribution in [0.15, 0.2) is 24.3 Å². The molecule has 0 radical (unpaired) electrons. The standard InChI is InChI=1S/C18H27FN2/c1-2-21-11-4-7-18(9-12-21)8-10-20-14-17(18)15-5-3-6-16(19)13-15/h3,5-6,13,17,20H,2,4,7-12,14H2,1H3. The first kappa shape index (κ1) is 15.0. The molecule has 1 aromatic rings.